The van der Waals surface area contributed by atoms with Crippen molar-refractivity contribution in [2.24, 2.45) is 5.92 Å². The number of amides is 1. The Morgan fingerprint density at radius 3 is 2.64 bits per heavy atom. The van der Waals surface area contributed by atoms with E-state index in [2.05, 4.69) is 34.9 Å². The number of hydrogen-bond donors (Lipinski definition) is 2. The van der Waals surface area contributed by atoms with Crippen LogP contribution in [-0.2, 0) is 11.2 Å². The third-order valence-electron chi connectivity index (χ3n) is 5.02. The van der Waals surface area contributed by atoms with E-state index >= 15 is 0 Å². The van der Waals surface area contributed by atoms with E-state index in [1.54, 1.807) is 0 Å². The van der Waals surface area contributed by atoms with Crippen LogP contribution in [0.3, 0.4) is 0 Å². The molecular formula is C23H28N2O2S. The molecule has 0 unspecified atom stereocenters. The van der Waals surface area contributed by atoms with E-state index in [1.807, 2.05) is 30.3 Å². The second kappa shape index (κ2) is 10.8. The topological polar surface area (TPSA) is 50.4 Å². The number of anilines is 1. The molecule has 0 heterocycles. The fourth-order valence-electron chi connectivity index (χ4n) is 3.59. The number of nitrogens with one attached hydrogen (secondary N) is 2. The Kier molecular flexibility index (Phi) is 7.85. The van der Waals surface area contributed by atoms with Crippen molar-refractivity contribution in [3.63, 3.8) is 0 Å². The van der Waals surface area contributed by atoms with Gasteiger partial charge in [0.15, 0.2) is 5.11 Å². The third kappa shape index (κ3) is 6.97. The number of aryl methyl sites for hydroxylation is 1. The molecule has 1 aliphatic rings. The highest BCUT2D eigenvalue weighted by Gasteiger charge is 2.18. The number of thiocarbonyl (C=S) groups is 1. The van der Waals surface area contributed by atoms with Gasteiger partial charge in [0, 0.05) is 18.2 Å². The normalized spacial score (nSPS) is 13.9. The molecule has 0 aliphatic heterocycles. The highest BCUT2D eigenvalue weighted by molar-refractivity contribution is 7.80. The zero-order chi connectivity index (χ0) is 19.6. The molecule has 0 bridgehead atoms. The Morgan fingerprint density at radius 2 is 1.86 bits per heavy atom. The van der Waals surface area contributed by atoms with Gasteiger partial charge in [-0.25, -0.2) is 0 Å². The first-order valence-electron chi connectivity index (χ1n) is 10.1. The standard InChI is InChI=1S/C23H28N2O2S/c26-22(16-19-10-4-5-11-19)25-23(28)24-20-13-6-14-21(17-20)27-15-7-12-18-8-2-1-3-9-18/h1-3,6,8-9,13-14,17,19H,4-5,7,10-12,15-16H2,(H2,24,25,26,28). The van der Waals surface area contributed by atoms with E-state index in [9.17, 15) is 4.79 Å². The molecule has 0 aromatic heterocycles. The van der Waals surface area contributed by atoms with E-state index in [0.29, 0.717) is 24.1 Å². The Bertz CT molecular complexity index is 773. The van der Waals surface area contributed by atoms with E-state index < -0.39 is 0 Å². The van der Waals surface area contributed by atoms with Gasteiger partial charge in [-0.1, -0.05) is 49.2 Å². The molecule has 148 valence electrons. The lowest BCUT2D eigenvalue weighted by Crippen LogP contribution is -2.34. The molecule has 3 rings (SSSR count). The van der Waals surface area contributed by atoms with E-state index in [4.69, 9.17) is 17.0 Å². The summed E-state index contributed by atoms with van der Waals surface area (Å²) in [4.78, 5) is 12.1. The second-order valence-electron chi connectivity index (χ2n) is 7.32. The molecular weight excluding hydrogens is 368 g/mol. The summed E-state index contributed by atoms with van der Waals surface area (Å²) >= 11 is 5.27. The SMILES string of the molecule is O=C(CC1CCCC1)NC(=S)Nc1cccc(OCCCc2ccccc2)c1. The molecule has 2 aromatic carbocycles. The van der Waals surface area contributed by atoms with Crippen molar-refractivity contribution in [3.8, 4) is 5.75 Å². The van der Waals surface area contributed by atoms with Gasteiger partial charge in [0.05, 0.1) is 6.61 Å². The van der Waals surface area contributed by atoms with Crippen LogP contribution in [0.1, 0.15) is 44.1 Å². The number of rotatable bonds is 8. The highest BCUT2D eigenvalue weighted by atomic mass is 32.1. The van der Waals surface area contributed by atoms with Crippen molar-refractivity contribution in [1.29, 1.82) is 0 Å². The molecule has 28 heavy (non-hydrogen) atoms. The zero-order valence-electron chi connectivity index (χ0n) is 16.2. The molecule has 1 aliphatic carbocycles. The number of benzene rings is 2. The number of carbonyl (C=O) groups excluding carboxylic acids is 1. The van der Waals surface area contributed by atoms with Crippen LogP contribution in [0.25, 0.3) is 0 Å². The average molecular weight is 397 g/mol. The number of hydrogen-bond acceptors (Lipinski definition) is 3. The van der Waals surface area contributed by atoms with Gasteiger partial charge in [0.1, 0.15) is 5.75 Å². The van der Waals surface area contributed by atoms with Crippen LogP contribution in [0.5, 0.6) is 5.75 Å². The van der Waals surface area contributed by atoms with Crippen LogP contribution in [0.2, 0.25) is 0 Å². The van der Waals surface area contributed by atoms with Crippen LogP contribution in [0.15, 0.2) is 54.6 Å². The Balaban J connectivity index is 1.39. The lowest BCUT2D eigenvalue weighted by atomic mass is 10.0. The van der Waals surface area contributed by atoms with Crippen molar-refractivity contribution < 1.29 is 9.53 Å². The van der Waals surface area contributed by atoms with Gasteiger partial charge in [-0.2, -0.15) is 0 Å². The minimum Gasteiger partial charge on any atom is -0.494 e. The molecule has 0 radical (unpaired) electrons. The van der Waals surface area contributed by atoms with Gasteiger partial charge in [0.25, 0.3) is 0 Å². The first kappa shape index (κ1) is 20.3. The van der Waals surface area contributed by atoms with E-state index in [0.717, 1.165) is 37.1 Å². The zero-order valence-corrected chi connectivity index (χ0v) is 17.0. The van der Waals surface area contributed by atoms with Crippen molar-refractivity contribution in [2.75, 3.05) is 11.9 Å². The molecule has 0 saturated heterocycles. The van der Waals surface area contributed by atoms with Crippen LogP contribution < -0.4 is 15.4 Å². The summed E-state index contributed by atoms with van der Waals surface area (Å²) in [5.41, 5.74) is 2.13. The molecule has 0 atom stereocenters. The van der Waals surface area contributed by atoms with Crippen molar-refractivity contribution in [3.05, 3.63) is 60.2 Å². The van der Waals surface area contributed by atoms with Crippen LogP contribution in [0, 0.1) is 5.92 Å². The summed E-state index contributed by atoms with van der Waals surface area (Å²) in [5, 5.41) is 6.20. The predicted octanol–water partition coefficient (Wildman–Crippen LogP) is 5.09. The summed E-state index contributed by atoms with van der Waals surface area (Å²) < 4.78 is 5.85. The molecule has 2 aromatic rings. The predicted molar refractivity (Wildman–Crippen MR) is 118 cm³/mol. The molecule has 5 heteroatoms. The summed E-state index contributed by atoms with van der Waals surface area (Å²) in [6, 6.07) is 18.1. The van der Waals surface area contributed by atoms with Gasteiger partial charge >= 0.3 is 0 Å². The van der Waals surface area contributed by atoms with Gasteiger partial charge in [-0.05, 0) is 61.5 Å². The van der Waals surface area contributed by atoms with E-state index in [1.165, 1.54) is 18.4 Å². The average Bonchev–Trinajstić information content (AvgIpc) is 3.19. The molecule has 2 N–H and O–H groups in total. The highest BCUT2D eigenvalue weighted by Crippen LogP contribution is 2.27. The Labute approximate surface area is 172 Å². The van der Waals surface area contributed by atoms with E-state index in [-0.39, 0.29) is 5.91 Å². The monoisotopic (exact) mass is 396 g/mol. The minimum absolute atomic E-state index is 0.00211. The fourth-order valence-corrected chi connectivity index (χ4v) is 3.82. The second-order valence-corrected chi connectivity index (χ2v) is 7.73. The quantitative estimate of drug-likeness (QED) is 0.482. The molecule has 1 fully saturated rings. The fraction of sp³-hybridized carbons (Fsp3) is 0.391. The van der Waals surface area contributed by atoms with Gasteiger partial charge < -0.3 is 15.4 Å². The van der Waals surface area contributed by atoms with Gasteiger partial charge in [-0.3, -0.25) is 4.79 Å². The molecule has 4 nitrogen and oxygen atoms in total. The summed E-state index contributed by atoms with van der Waals surface area (Å²) in [5.74, 6) is 1.30. The van der Waals surface area contributed by atoms with Crippen LogP contribution in [-0.4, -0.2) is 17.6 Å². The lowest BCUT2D eigenvalue weighted by Gasteiger charge is -2.13. The van der Waals surface area contributed by atoms with Crippen LogP contribution >= 0.6 is 12.2 Å². The van der Waals surface area contributed by atoms with Crippen molar-refractivity contribution >= 4 is 28.9 Å². The third-order valence-corrected chi connectivity index (χ3v) is 5.22. The maximum Gasteiger partial charge on any atom is 0.226 e. The summed E-state index contributed by atoms with van der Waals surface area (Å²) in [7, 11) is 0. The lowest BCUT2D eigenvalue weighted by molar-refractivity contribution is -0.120. The van der Waals surface area contributed by atoms with Crippen LogP contribution in [0.4, 0.5) is 5.69 Å². The summed E-state index contributed by atoms with van der Waals surface area (Å²) in [6.07, 6.45) is 7.28. The first-order valence-corrected chi connectivity index (χ1v) is 10.5. The molecule has 1 amide bonds. The summed E-state index contributed by atoms with van der Waals surface area (Å²) in [6.45, 7) is 0.654. The number of carbonyl (C=O) groups is 1. The smallest absolute Gasteiger partial charge is 0.226 e. The van der Waals surface area contributed by atoms with Crippen molar-refractivity contribution in [2.45, 2.75) is 44.9 Å². The molecule has 0 spiro atoms. The Morgan fingerprint density at radius 1 is 1.07 bits per heavy atom. The first-order chi connectivity index (χ1) is 13.7. The van der Waals surface area contributed by atoms with Gasteiger partial charge in [0.2, 0.25) is 5.91 Å². The van der Waals surface area contributed by atoms with Gasteiger partial charge in [-0.15, -0.1) is 0 Å². The maximum atomic E-state index is 12.1. The Hall–Kier alpha value is -2.40. The number of ether oxygens (including phenoxy) is 1. The minimum atomic E-state index is -0.00211. The molecule has 1 saturated carbocycles. The largest absolute Gasteiger partial charge is 0.494 e. The maximum absolute atomic E-state index is 12.1. The van der Waals surface area contributed by atoms with Crippen molar-refractivity contribution in [1.82, 2.24) is 5.32 Å².